The van der Waals surface area contributed by atoms with Crippen LogP contribution < -0.4 is 5.73 Å². The molecule has 0 aliphatic carbocycles. The number of carbonyl (C=O) groups excluding carboxylic acids is 1. The molecule has 1 heterocycles. The van der Waals surface area contributed by atoms with Crippen LogP contribution in [-0.4, -0.2) is 10.9 Å². The van der Waals surface area contributed by atoms with E-state index in [9.17, 15) is 4.79 Å². The molecule has 0 spiro atoms. The van der Waals surface area contributed by atoms with Gasteiger partial charge in [-0.2, -0.15) is 0 Å². The summed E-state index contributed by atoms with van der Waals surface area (Å²) in [5.41, 5.74) is 5.69. The van der Waals surface area contributed by atoms with E-state index in [2.05, 4.69) is 4.98 Å². The summed E-state index contributed by atoms with van der Waals surface area (Å²) in [4.78, 5) is 14.1. The highest BCUT2D eigenvalue weighted by Gasteiger charge is 1.97. The molecule has 0 aliphatic heterocycles. The number of hydrogen-bond donors (Lipinski definition) is 1. The predicted octanol–water partition coefficient (Wildman–Crippen LogP) is 0.240. The van der Waals surface area contributed by atoms with Crippen molar-refractivity contribution in [3.63, 3.8) is 0 Å². The van der Waals surface area contributed by atoms with Crippen LogP contribution in [0.3, 0.4) is 0 Å². The first-order valence-corrected chi connectivity index (χ1v) is 2.71. The van der Waals surface area contributed by atoms with Crippen LogP contribution in [0.2, 0.25) is 0 Å². The second kappa shape index (κ2) is 2.47. The standard InChI is InChI=1S/C7H6N2O/c1-5-2-3-6(4-9-5)7(8)10/h1-4H,(H2,8,10). The molecule has 0 aromatic carbocycles. The maximum Gasteiger partial charge on any atom is 0.250 e. The van der Waals surface area contributed by atoms with Crippen LogP contribution >= 0.6 is 0 Å². The van der Waals surface area contributed by atoms with Crippen molar-refractivity contribution in [1.82, 2.24) is 4.98 Å². The van der Waals surface area contributed by atoms with Gasteiger partial charge in [-0.3, -0.25) is 9.78 Å². The molecule has 1 rings (SSSR count). The molecule has 10 heavy (non-hydrogen) atoms. The van der Waals surface area contributed by atoms with E-state index in [-0.39, 0.29) is 0 Å². The summed E-state index contributed by atoms with van der Waals surface area (Å²) >= 11 is 0. The maximum atomic E-state index is 10.5. The molecule has 0 saturated heterocycles. The van der Waals surface area contributed by atoms with Crippen molar-refractivity contribution in [2.45, 2.75) is 0 Å². The zero-order valence-electron chi connectivity index (χ0n) is 5.24. The number of pyridine rings is 1. The summed E-state index contributed by atoms with van der Waals surface area (Å²) < 4.78 is 0. The number of nitrogens with zero attached hydrogens (tertiary/aromatic N) is 1. The number of hydrogen-bond acceptors (Lipinski definition) is 2. The highest BCUT2D eigenvalue weighted by molar-refractivity contribution is 5.92. The van der Waals surface area contributed by atoms with Gasteiger partial charge >= 0.3 is 0 Å². The first kappa shape index (κ1) is 6.74. The lowest BCUT2D eigenvalue weighted by molar-refractivity contribution is 0.1000. The van der Waals surface area contributed by atoms with Gasteiger partial charge in [0.2, 0.25) is 5.91 Å². The first-order valence-electron chi connectivity index (χ1n) is 2.71. The molecule has 3 nitrogen and oxygen atoms in total. The van der Waals surface area contributed by atoms with Gasteiger partial charge in [-0.1, -0.05) is 0 Å². The third-order valence-electron chi connectivity index (χ3n) is 1.07. The molecule has 0 fully saturated rings. The molecule has 0 aliphatic rings. The van der Waals surface area contributed by atoms with Gasteiger partial charge in [0.25, 0.3) is 0 Å². The fraction of sp³-hybridized carbons (Fsp3) is 0. The molecule has 3 heteroatoms. The number of carbonyl (C=O) groups is 1. The van der Waals surface area contributed by atoms with Gasteiger partial charge in [0.05, 0.1) is 5.56 Å². The molecule has 0 unspecified atom stereocenters. The number of aromatic nitrogens is 1. The van der Waals surface area contributed by atoms with E-state index in [1.54, 1.807) is 0 Å². The van der Waals surface area contributed by atoms with Gasteiger partial charge < -0.3 is 5.73 Å². The molecule has 0 bridgehead atoms. The lowest BCUT2D eigenvalue weighted by Gasteiger charge is -1.92. The van der Waals surface area contributed by atoms with E-state index < -0.39 is 5.91 Å². The Kier molecular flexibility index (Phi) is 1.67. The molecule has 1 aromatic heterocycles. The lowest BCUT2D eigenvalue weighted by Crippen LogP contribution is -2.10. The van der Waals surface area contributed by atoms with Crippen molar-refractivity contribution in [2.75, 3.05) is 0 Å². The molecular weight excluding hydrogens is 128 g/mol. The number of nitrogens with two attached hydrogens (primary N) is 1. The number of rotatable bonds is 1. The third-order valence-corrected chi connectivity index (χ3v) is 1.07. The van der Waals surface area contributed by atoms with Gasteiger partial charge in [-0.15, -0.1) is 0 Å². The summed E-state index contributed by atoms with van der Waals surface area (Å²) in [5, 5.41) is 0. The van der Waals surface area contributed by atoms with Crippen LogP contribution in [0.15, 0.2) is 18.3 Å². The van der Waals surface area contributed by atoms with Gasteiger partial charge in [-0.05, 0) is 12.1 Å². The van der Waals surface area contributed by atoms with E-state index in [1.165, 1.54) is 18.3 Å². The largest absolute Gasteiger partial charge is 0.366 e. The Morgan fingerprint density at radius 2 is 2.30 bits per heavy atom. The first-order chi connectivity index (χ1) is 4.70. The third kappa shape index (κ3) is 1.31. The summed E-state index contributed by atoms with van der Waals surface area (Å²) in [7, 11) is 0. The molecule has 2 radical (unpaired) electrons. The second-order valence-electron chi connectivity index (χ2n) is 1.84. The summed E-state index contributed by atoms with van der Waals surface area (Å²) in [6, 6.07) is 3.06. The van der Waals surface area contributed by atoms with Crippen LogP contribution in [0.1, 0.15) is 16.1 Å². The van der Waals surface area contributed by atoms with Crippen molar-refractivity contribution >= 4 is 5.91 Å². The highest BCUT2D eigenvalue weighted by Crippen LogP contribution is 1.96. The van der Waals surface area contributed by atoms with Crippen molar-refractivity contribution in [3.05, 3.63) is 36.5 Å². The SMILES string of the molecule is [CH]c1ccc(C(N)=O)cn1. The monoisotopic (exact) mass is 134 g/mol. The fourth-order valence-electron chi connectivity index (χ4n) is 0.551. The van der Waals surface area contributed by atoms with Crippen LogP contribution in [0.4, 0.5) is 0 Å². The number of amides is 1. The molecular formula is C7H6N2O. The maximum absolute atomic E-state index is 10.5. The second-order valence-corrected chi connectivity index (χ2v) is 1.84. The Hall–Kier alpha value is -1.38. The molecule has 0 saturated carbocycles. The highest BCUT2D eigenvalue weighted by atomic mass is 16.1. The van der Waals surface area contributed by atoms with E-state index >= 15 is 0 Å². The van der Waals surface area contributed by atoms with E-state index in [0.29, 0.717) is 11.3 Å². The van der Waals surface area contributed by atoms with E-state index in [0.717, 1.165) is 0 Å². The van der Waals surface area contributed by atoms with E-state index in [1.807, 2.05) is 0 Å². The van der Waals surface area contributed by atoms with Gasteiger partial charge in [0.15, 0.2) is 0 Å². The molecule has 0 atom stereocenters. The van der Waals surface area contributed by atoms with Crippen LogP contribution in [0.25, 0.3) is 0 Å². The van der Waals surface area contributed by atoms with Crippen LogP contribution in [0, 0.1) is 6.92 Å². The predicted molar refractivity (Wildman–Crippen MR) is 36.2 cm³/mol. The minimum Gasteiger partial charge on any atom is -0.366 e. The van der Waals surface area contributed by atoms with Crippen molar-refractivity contribution in [2.24, 2.45) is 5.73 Å². The van der Waals surface area contributed by atoms with Gasteiger partial charge in [0.1, 0.15) is 0 Å². The smallest absolute Gasteiger partial charge is 0.250 e. The Bertz CT molecular complexity index is 240. The zero-order chi connectivity index (χ0) is 7.56. The lowest BCUT2D eigenvalue weighted by atomic mass is 10.2. The Morgan fingerprint density at radius 1 is 1.60 bits per heavy atom. The molecule has 2 N–H and O–H groups in total. The summed E-state index contributed by atoms with van der Waals surface area (Å²) in [6.07, 6.45) is 1.34. The Labute approximate surface area is 58.9 Å². The molecule has 50 valence electrons. The van der Waals surface area contributed by atoms with E-state index in [4.69, 9.17) is 12.7 Å². The Balaban J connectivity index is 3.00. The van der Waals surface area contributed by atoms with Gasteiger partial charge in [-0.25, -0.2) is 0 Å². The normalized spacial score (nSPS) is 9.30. The van der Waals surface area contributed by atoms with Crippen molar-refractivity contribution in [3.8, 4) is 0 Å². The zero-order valence-corrected chi connectivity index (χ0v) is 5.24. The van der Waals surface area contributed by atoms with Crippen molar-refractivity contribution in [1.29, 1.82) is 0 Å². The minimum atomic E-state index is -0.493. The summed E-state index contributed by atoms with van der Waals surface area (Å²) in [5.74, 6) is -0.493. The average molecular weight is 134 g/mol. The quantitative estimate of drug-likeness (QED) is 0.598. The topological polar surface area (TPSA) is 56.0 Å². The van der Waals surface area contributed by atoms with Crippen LogP contribution in [0.5, 0.6) is 0 Å². The average Bonchev–Trinajstić information content (AvgIpc) is 1.88. The van der Waals surface area contributed by atoms with Gasteiger partial charge in [0, 0.05) is 18.8 Å². The summed E-state index contributed by atoms with van der Waals surface area (Å²) in [6.45, 7) is 5.26. The van der Waals surface area contributed by atoms with Crippen LogP contribution in [-0.2, 0) is 0 Å². The fourth-order valence-corrected chi connectivity index (χ4v) is 0.551. The molecule has 1 aromatic rings. The van der Waals surface area contributed by atoms with Crippen molar-refractivity contribution < 1.29 is 4.79 Å². The number of primary amides is 1. The molecule has 1 amide bonds. The minimum absolute atomic E-state index is 0.370. The Morgan fingerprint density at radius 3 is 2.70 bits per heavy atom.